The maximum atomic E-state index is 3.21. The molecule has 0 saturated carbocycles. The van der Waals surface area contributed by atoms with E-state index in [0.29, 0.717) is 0 Å². The molecule has 78 valence electrons. The zero-order valence-electron chi connectivity index (χ0n) is 9.59. The van der Waals surface area contributed by atoms with Crippen LogP contribution in [-0.4, -0.2) is 7.05 Å². The molecule has 0 bridgehead atoms. The van der Waals surface area contributed by atoms with Crippen molar-refractivity contribution in [3.63, 3.8) is 0 Å². The van der Waals surface area contributed by atoms with Gasteiger partial charge in [0.05, 0.1) is 0 Å². The number of nitrogens with one attached hydrogen (secondary N) is 1. The van der Waals surface area contributed by atoms with Gasteiger partial charge in [0.2, 0.25) is 0 Å². The Morgan fingerprint density at radius 2 is 1.93 bits per heavy atom. The topological polar surface area (TPSA) is 12.0 Å². The van der Waals surface area contributed by atoms with E-state index in [2.05, 4.69) is 49.5 Å². The summed E-state index contributed by atoms with van der Waals surface area (Å²) in [5.74, 6) is 0. The number of hydrogen-bond acceptors (Lipinski definition) is 1. The Morgan fingerprint density at radius 1 is 1.20 bits per heavy atom. The molecule has 1 aromatic rings. The average molecular weight is 199 g/mol. The molecule has 1 heteroatoms. The summed E-state index contributed by atoms with van der Waals surface area (Å²) in [5.41, 5.74) is 6.87. The van der Waals surface area contributed by atoms with Crippen molar-refractivity contribution in [2.75, 3.05) is 7.05 Å². The van der Waals surface area contributed by atoms with Gasteiger partial charge in [0, 0.05) is 12.7 Å². The third kappa shape index (κ3) is 1.82. The molecule has 0 atom stereocenters. The molecule has 0 amide bonds. The minimum absolute atomic E-state index is 1.07. The van der Waals surface area contributed by atoms with E-state index in [0.717, 1.165) is 6.42 Å². The van der Waals surface area contributed by atoms with E-state index in [4.69, 9.17) is 0 Å². The van der Waals surface area contributed by atoms with Gasteiger partial charge in [-0.1, -0.05) is 30.3 Å². The zero-order chi connectivity index (χ0) is 10.8. The van der Waals surface area contributed by atoms with Gasteiger partial charge in [-0.25, -0.2) is 0 Å². The Balaban J connectivity index is 2.33. The van der Waals surface area contributed by atoms with Gasteiger partial charge in [0.25, 0.3) is 0 Å². The SMILES string of the molecule is CN/C(C)=C(/C)C1=Cc2ccccc2C1. The molecule has 0 unspecified atom stereocenters. The molecule has 0 fully saturated rings. The number of hydrogen-bond donors (Lipinski definition) is 1. The van der Waals surface area contributed by atoms with Gasteiger partial charge in [-0.05, 0) is 42.5 Å². The highest BCUT2D eigenvalue weighted by atomic mass is 14.8. The standard InChI is InChI=1S/C14H17N/c1-10(11(2)15-3)14-8-12-6-4-5-7-13(12)9-14/h4-8,15H,9H2,1-3H3/b11-10-. The van der Waals surface area contributed by atoms with E-state index >= 15 is 0 Å². The minimum atomic E-state index is 1.07. The summed E-state index contributed by atoms with van der Waals surface area (Å²) in [6, 6.07) is 8.60. The quantitative estimate of drug-likeness (QED) is 0.771. The predicted octanol–water partition coefficient (Wildman–Crippen LogP) is 3.14. The fourth-order valence-corrected chi connectivity index (χ4v) is 1.95. The molecule has 15 heavy (non-hydrogen) atoms. The summed E-state index contributed by atoms with van der Waals surface area (Å²) < 4.78 is 0. The van der Waals surface area contributed by atoms with E-state index in [1.54, 1.807) is 0 Å². The van der Waals surface area contributed by atoms with Crippen LogP contribution in [0.4, 0.5) is 0 Å². The number of benzene rings is 1. The first kappa shape index (κ1) is 10.0. The minimum Gasteiger partial charge on any atom is -0.391 e. The van der Waals surface area contributed by atoms with Gasteiger partial charge < -0.3 is 5.32 Å². The maximum Gasteiger partial charge on any atom is 0.0105 e. The van der Waals surface area contributed by atoms with Crippen LogP contribution in [0.2, 0.25) is 0 Å². The molecule has 1 N–H and O–H groups in total. The van der Waals surface area contributed by atoms with Crippen LogP contribution >= 0.6 is 0 Å². The molecule has 1 aromatic carbocycles. The van der Waals surface area contributed by atoms with Crippen molar-refractivity contribution >= 4 is 6.08 Å². The lowest BCUT2D eigenvalue weighted by Crippen LogP contribution is -2.05. The summed E-state index contributed by atoms with van der Waals surface area (Å²) in [7, 11) is 1.97. The fraction of sp³-hybridized carbons (Fsp3) is 0.286. The Labute approximate surface area is 91.5 Å². The number of fused-ring (bicyclic) bond motifs is 1. The molecule has 1 aliphatic carbocycles. The molecule has 0 saturated heterocycles. The van der Waals surface area contributed by atoms with Gasteiger partial charge in [0.15, 0.2) is 0 Å². The fourth-order valence-electron chi connectivity index (χ4n) is 1.95. The predicted molar refractivity (Wildman–Crippen MR) is 65.6 cm³/mol. The largest absolute Gasteiger partial charge is 0.391 e. The number of allylic oxidation sites excluding steroid dienone is 3. The molecule has 1 nitrogen and oxygen atoms in total. The monoisotopic (exact) mass is 199 g/mol. The van der Waals surface area contributed by atoms with Crippen molar-refractivity contribution in [1.29, 1.82) is 0 Å². The number of rotatable bonds is 2. The molecular formula is C14H17N. The van der Waals surface area contributed by atoms with E-state index in [1.165, 1.54) is 28.0 Å². The van der Waals surface area contributed by atoms with Gasteiger partial charge in [0.1, 0.15) is 0 Å². The molecule has 0 spiro atoms. The summed E-state index contributed by atoms with van der Waals surface area (Å²) in [5, 5.41) is 3.21. The van der Waals surface area contributed by atoms with Crippen molar-refractivity contribution in [3.05, 3.63) is 52.2 Å². The van der Waals surface area contributed by atoms with Gasteiger partial charge in [-0.3, -0.25) is 0 Å². The van der Waals surface area contributed by atoms with Crippen LogP contribution in [0.15, 0.2) is 41.1 Å². The summed E-state index contributed by atoms with van der Waals surface area (Å²) in [4.78, 5) is 0. The molecular weight excluding hydrogens is 182 g/mol. The van der Waals surface area contributed by atoms with E-state index < -0.39 is 0 Å². The Morgan fingerprint density at radius 3 is 2.60 bits per heavy atom. The van der Waals surface area contributed by atoms with Crippen LogP contribution in [0.25, 0.3) is 6.08 Å². The summed E-state index contributed by atoms with van der Waals surface area (Å²) in [6.45, 7) is 4.31. The molecule has 0 heterocycles. The highest BCUT2D eigenvalue weighted by Crippen LogP contribution is 2.29. The summed E-state index contributed by atoms with van der Waals surface area (Å²) >= 11 is 0. The van der Waals surface area contributed by atoms with Crippen molar-refractivity contribution in [2.45, 2.75) is 20.3 Å². The molecule has 0 aromatic heterocycles. The lowest BCUT2D eigenvalue weighted by atomic mass is 10.0. The third-order valence-electron chi connectivity index (χ3n) is 3.18. The van der Waals surface area contributed by atoms with Crippen molar-refractivity contribution in [3.8, 4) is 0 Å². The van der Waals surface area contributed by atoms with Crippen molar-refractivity contribution in [2.24, 2.45) is 0 Å². The van der Waals surface area contributed by atoms with Crippen molar-refractivity contribution < 1.29 is 0 Å². The lowest BCUT2D eigenvalue weighted by Gasteiger charge is -2.07. The van der Waals surface area contributed by atoms with E-state index in [-0.39, 0.29) is 0 Å². The first-order valence-corrected chi connectivity index (χ1v) is 5.36. The van der Waals surface area contributed by atoms with Crippen LogP contribution < -0.4 is 5.32 Å². The van der Waals surface area contributed by atoms with E-state index in [1.807, 2.05) is 7.05 Å². The van der Waals surface area contributed by atoms with Crippen LogP contribution in [0.5, 0.6) is 0 Å². The summed E-state index contributed by atoms with van der Waals surface area (Å²) in [6.07, 6.45) is 3.37. The van der Waals surface area contributed by atoms with Crippen LogP contribution in [-0.2, 0) is 6.42 Å². The molecule has 0 aliphatic heterocycles. The van der Waals surface area contributed by atoms with Crippen LogP contribution in [0.3, 0.4) is 0 Å². The van der Waals surface area contributed by atoms with E-state index in [9.17, 15) is 0 Å². The zero-order valence-corrected chi connectivity index (χ0v) is 9.59. The van der Waals surface area contributed by atoms with Gasteiger partial charge >= 0.3 is 0 Å². The van der Waals surface area contributed by atoms with Crippen LogP contribution in [0.1, 0.15) is 25.0 Å². The first-order chi connectivity index (χ1) is 7.22. The molecule has 1 aliphatic rings. The highest BCUT2D eigenvalue weighted by Gasteiger charge is 2.13. The smallest absolute Gasteiger partial charge is 0.0105 e. The first-order valence-electron chi connectivity index (χ1n) is 5.36. The maximum absolute atomic E-state index is 3.21. The van der Waals surface area contributed by atoms with Crippen molar-refractivity contribution in [1.82, 2.24) is 5.32 Å². The Hall–Kier alpha value is -1.50. The second kappa shape index (κ2) is 3.93. The highest BCUT2D eigenvalue weighted by molar-refractivity contribution is 5.68. The Bertz CT molecular complexity index is 438. The molecule has 2 rings (SSSR count). The third-order valence-corrected chi connectivity index (χ3v) is 3.18. The second-order valence-corrected chi connectivity index (χ2v) is 4.05. The van der Waals surface area contributed by atoms with Crippen LogP contribution in [0, 0.1) is 0 Å². The van der Waals surface area contributed by atoms with Gasteiger partial charge in [-0.2, -0.15) is 0 Å². The molecule has 0 radical (unpaired) electrons. The second-order valence-electron chi connectivity index (χ2n) is 4.05. The average Bonchev–Trinajstić information content (AvgIpc) is 2.70. The normalized spacial score (nSPS) is 15.5. The lowest BCUT2D eigenvalue weighted by molar-refractivity contribution is 0.955. The Kier molecular flexibility index (Phi) is 2.63. The van der Waals surface area contributed by atoms with Gasteiger partial charge in [-0.15, -0.1) is 0 Å².